The Hall–Kier alpha value is -2.94. The molecule has 3 rings (SSSR count). The Balaban J connectivity index is 2.24. The van der Waals surface area contributed by atoms with E-state index in [-0.39, 0.29) is 0 Å². The summed E-state index contributed by atoms with van der Waals surface area (Å²) in [6.07, 6.45) is 3.18. The van der Waals surface area contributed by atoms with Crippen LogP contribution in [-0.2, 0) is 0 Å². The molecule has 0 saturated heterocycles. The molecule has 0 saturated carbocycles. The highest BCUT2D eigenvalue weighted by Crippen LogP contribution is 2.31. The molecule has 0 spiro atoms. The molecule has 2 aromatic heterocycles. The number of nitrogens with zero attached hydrogens (tertiary/aromatic N) is 4. The van der Waals surface area contributed by atoms with Crippen LogP contribution in [0.4, 0.5) is 5.69 Å². The largest absolute Gasteiger partial charge is 0.567 e. The van der Waals surface area contributed by atoms with E-state index in [0.29, 0.717) is 11.3 Å². The van der Waals surface area contributed by atoms with Gasteiger partial charge in [-0.1, -0.05) is 12.1 Å². The third kappa shape index (κ3) is 2.27. The number of rotatable bonds is 3. The van der Waals surface area contributed by atoms with Crippen molar-refractivity contribution in [1.29, 1.82) is 5.26 Å². The maximum absolute atomic E-state index is 9.27. The van der Waals surface area contributed by atoms with Crippen molar-refractivity contribution in [3.8, 4) is 22.9 Å². The number of benzene rings is 1. The third-order valence-corrected chi connectivity index (χ3v) is 3.54. The van der Waals surface area contributed by atoms with Crippen molar-refractivity contribution in [2.75, 3.05) is 19.0 Å². The van der Waals surface area contributed by atoms with Gasteiger partial charge in [-0.25, -0.2) is 4.52 Å². The van der Waals surface area contributed by atoms with Gasteiger partial charge in [0.1, 0.15) is 11.8 Å². The lowest BCUT2D eigenvalue weighted by atomic mass is 10.0. The molecule has 1 aromatic carbocycles. The minimum Gasteiger partial charge on any atom is -0.567 e. The van der Waals surface area contributed by atoms with Crippen LogP contribution in [-0.4, -0.2) is 31.8 Å². The topological polar surface area (TPSA) is 53.6 Å². The lowest BCUT2D eigenvalue weighted by molar-refractivity contribution is 0.608. The van der Waals surface area contributed by atoms with Crippen LogP contribution in [0, 0.1) is 11.3 Å². The Morgan fingerprint density at radius 3 is 2.59 bits per heavy atom. The van der Waals surface area contributed by atoms with Crippen molar-refractivity contribution in [2.24, 2.45) is 0 Å². The maximum atomic E-state index is 9.27. The molecule has 0 atom stereocenters. The molecule has 6 heteroatoms. The predicted octanol–water partition coefficient (Wildman–Crippen LogP) is 2.40. The Labute approximate surface area is 129 Å². The molecule has 0 bridgehead atoms. The van der Waals surface area contributed by atoms with Crippen molar-refractivity contribution in [3.63, 3.8) is 0 Å². The fourth-order valence-corrected chi connectivity index (χ4v) is 2.40. The van der Waals surface area contributed by atoms with Crippen molar-refractivity contribution >= 4 is 19.3 Å². The van der Waals surface area contributed by atoms with Gasteiger partial charge in [-0.2, -0.15) is 10.4 Å². The Morgan fingerprint density at radius 2 is 2.00 bits per heavy atom. The fourth-order valence-electron chi connectivity index (χ4n) is 2.40. The summed E-state index contributed by atoms with van der Waals surface area (Å²) in [6.45, 7) is 0. The SMILES string of the molecule is [B]Oc1cc(-c2ccc(N(C)C)cc2)c2c(C#N)cnn2c1. The molecule has 0 aliphatic carbocycles. The first-order valence-corrected chi connectivity index (χ1v) is 6.70. The molecule has 0 amide bonds. The van der Waals surface area contributed by atoms with Gasteiger partial charge >= 0.3 is 8.05 Å². The van der Waals surface area contributed by atoms with E-state index < -0.39 is 0 Å². The second-order valence-corrected chi connectivity index (χ2v) is 5.11. The van der Waals surface area contributed by atoms with E-state index in [2.05, 4.69) is 11.2 Å². The summed E-state index contributed by atoms with van der Waals surface area (Å²) in [4.78, 5) is 2.03. The van der Waals surface area contributed by atoms with Crippen molar-refractivity contribution < 1.29 is 4.65 Å². The van der Waals surface area contributed by atoms with Crippen LogP contribution in [0.2, 0.25) is 0 Å². The van der Waals surface area contributed by atoms with Gasteiger partial charge in [-0.3, -0.25) is 0 Å². The van der Waals surface area contributed by atoms with E-state index in [1.54, 1.807) is 10.7 Å². The molecule has 106 valence electrons. The van der Waals surface area contributed by atoms with Crippen LogP contribution in [0.3, 0.4) is 0 Å². The van der Waals surface area contributed by atoms with Crippen molar-refractivity contribution in [3.05, 3.63) is 48.3 Å². The van der Waals surface area contributed by atoms with Crippen molar-refractivity contribution in [2.45, 2.75) is 0 Å². The second kappa shape index (κ2) is 5.45. The van der Waals surface area contributed by atoms with Crippen LogP contribution < -0.4 is 9.55 Å². The zero-order valence-corrected chi connectivity index (χ0v) is 12.3. The molecule has 0 aliphatic rings. The monoisotopic (exact) mass is 288 g/mol. The highest BCUT2D eigenvalue weighted by Gasteiger charge is 2.13. The summed E-state index contributed by atoms with van der Waals surface area (Å²) in [5.74, 6) is 0.478. The Bertz CT molecular complexity index is 862. The Morgan fingerprint density at radius 1 is 1.27 bits per heavy atom. The van der Waals surface area contributed by atoms with Gasteiger partial charge in [0.15, 0.2) is 0 Å². The number of pyridine rings is 1. The van der Waals surface area contributed by atoms with Gasteiger partial charge in [0.05, 0.1) is 23.5 Å². The van der Waals surface area contributed by atoms with Gasteiger partial charge in [0.25, 0.3) is 0 Å². The number of nitriles is 1. The maximum Gasteiger partial charge on any atom is 0.374 e. The molecule has 3 aromatic rings. The molecule has 22 heavy (non-hydrogen) atoms. The smallest absolute Gasteiger partial charge is 0.374 e. The van der Waals surface area contributed by atoms with Crippen LogP contribution in [0.25, 0.3) is 16.6 Å². The van der Waals surface area contributed by atoms with Gasteiger partial charge in [-0.05, 0) is 23.8 Å². The molecular weight excluding hydrogens is 275 g/mol. The third-order valence-electron chi connectivity index (χ3n) is 3.54. The summed E-state index contributed by atoms with van der Waals surface area (Å²) in [5.41, 5.74) is 4.16. The standard InChI is InChI=1S/C16H13BN4O/c1-20(2)13-5-3-11(4-6-13)15-7-14(22-17)10-21-16(15)12(8-18)9-19-21/h3-7,9-10H,1-2H3. The van der Waals surface area contributed by atoms with Gasteiger partial charge in [0.2, 0.25) is 0 Å². The quantitative estimate of drug-likeness (QED) is 0.694. The lowest BCUT2D eigenvalue weighted by Gasteiger charge is -2.13. The zero-order chi connectivity index (χ0) is 15.7. The fraction of sp³-hybridized carbons (Fsp3) is 0.125. The van der Waals surface area contributed by atoms with Crippen molar-refractivity contribution in [1.82, 2.24) is 9.61 Å². The number of anilines is 1. The average molecular weight is 288 g/mol. The molecule has 0 N–H and O–H groups in total. The van der Waals surface area contributed by atoms with Crippen LogP contribution >= 0.6 is 0 Å². The van der Waals surface area contributed by atoms with Crippen LogP contribution in [0.1, 0.15) is 5.56 Å². The number of hydrogen-bond acceptors (Lipinski definition) is 4. The second-order valence-electron chi connectivity index (χ2n) is 5.11. The number of hydrogen-bond donors (Lipinski definition) is 0. The molecule has 5 nitrogen and oxygen atoms in total. The first kappa shape index (κ1) is 14.0. The minimum atomic E-state index is 0.478. The van der Waals surface area contributed by atoms with E-state index in [4.69, 9.17) is 12.7 Å². The number of aromatic nitrogens is 2. The average Bonchev–Trinajstić information content (AvgIpc) is 2.97. The summed E-state index contributed by atoms with van der Waals surface area (Å²) in [5, 5.41) is 13.5. The summed E-state index contributed by atoms with van der Waals surface area (Å²) < 4.78 is 6.44. The van der Waals surface area contributed by atoms with Gasteiger partial charge in [0, 0.05) is 25.3 Å². The van der Waals surface area contributed by atoms with Gasteiger partial charge < -0.3 is 9.55 Å². The lowest BCUT2D eigenvalue weighted by Crippen LogP contribution is -2.07. The summed E-state index contributed by atoms with van der Waals surface area (Å²) in [6, 6.07) is 12.0. The van der Waals surface area contributed by atoms with E-state index >= 15 is 0 Å². The molecule has 0 aliphatic heterocycles. The minimum absolute atomic E-state index is 0.478. The van der Waals surface area contributed by atoms with E-state index in [1.165, 1.54) is 6.20 Å². The predicted molar refractivity (Wildman–Crippen MR) is 86.1 cm³/mol. The zero-order valence-electron chi connectivity index (χ0n) is 12.3. The highest BCUT2D eigenvalue weighted by molar-refractivity contribution is 6.00. The first-order chi connectivity index (χ1) is 10.6. The van der Waals surface area contributed by atoms with Crippen LogP contribution in [0.5, 0.6) is 5.75 Å². The molecular formula is C16H13BN4O. The summed E-state index contributed by atoms with van der Waals surface area (Å²) >= 11 is 0. The normalized spacial score (nSPS) is 10.4. The van der Waals surface area contributed by atoms with Gasteiger partial charge in [-0.15, -0.1) is 0 Å². The molecule has 0 fully saturated rings. The molecule has 2 radical (unpaired) electrons. The molecule has 0 unspecified atom stereocenters. The Kier molecular flexibility index (Phi) is 3.47. The van der Waals surface area contributed by atoms with Crippen LogP contribution in [0.15, 0.2) is 42.7 Å². The number of fused-ring (bicyclic) bond motifs is 1. The van der Waals surface area contributed by atoms with E-state index in [1.807, 2.05) is 49.3 Å². The molecule has 2 heterocycles. The van der Waals surface area contributed by atoms with E-state index in [9.17, 15) is 5.26 Å². The van der Waals surface area contributed by atoms with E-state index in [0.717, 1.165) is 22.3 Å². The first-order valence-electron chi connectivity index (χ1n) is 6.70. The summed E-state index contributed by atoms with van der Waals surface area (Å²) in [7, 11) is 9.25. The highest BCUT2D eigenvalue weighted by atomic mass is 16.4.